The van der Waals surface area contributed by atoms with Gasteiger partial charge in [0.15, 0.2) is 0 Å². The van der Waals surface area contributed by atoms with Crippen molar-refractivity contribution in [2.45, 2.75) is 19.6 Å². The number of hydrogen-bond acceptors (Lipinski definition) is 2. The topological polar surface area (TPSA) is 58.4 Å². The maximum absolute atomic E-state index is 12.5. The fourth-order valence-corrected chi connectivity index (χ4v) is 1.42. The molecule has 0 aliphatic heterocycles. The Hall–Kier alpha value is -1.76. The van der Waals surface area contributed by atoms with Crippen LogP contribution in [0.3, 0.4) is 0 Å². The van der Waals surface area contributed by atoms with Crippen LogP contribution in [0.4, 0.5) is 23.7 Å². The van der Waals surface area contributed by atoms with Crippen LogP contribution in [-0.4, -0.2) is 24.5 Å². The second-order valence-electron chi connectivity index (χ2n) is 4.02. The van der Waals surface area contributed by atoms with Gasteiger partial charge in [0.25, 0.3) is 0 Å². The molecule has 1 rings (SSSR count). The van der Waals surface area contributed by atoms with Crippen molar-refractivity contribution in [3.05, 3.63) is 29.3 Å². The molecule has 3 N–H and O–H groups in total. The predicted molar refractivity (Wildman–Crippen MR) is 66.7 cm³/mol. The predicted octanol–water partition coefficient (Wildman–Crippen LogP) is 2.65. The largest absolute Gasteiger partial charge is 0.416 e. The van der Waals surface area contributed by atoms with Gasteiger partial charge in [-0.1, -0.05) is 0 Å². The number of carbonyl (C=O) groups excluding carboxylic acids is 1. The van der Waals surface area contributed by atoms with E-state index in [0.29, 0.717) is 12.2 Å². The summed E-state index contributed by atoms with van der Waals surface area (Å²) in [7, 11) is 1.58. The number of nitrogens with two attached hydrogens (primary N) is 1. The number of halogens is 3. The molecule has 0 aliphatic carbocycles. The second kappa shape index (κ2) is 5.92. The molecule has 0 heterocycles. The molecule has 1 aromatic carbocycles. The summed E-state index contributed by atoms with van der Waals surface area (Å²) in [5.41, 5.74) is 5.17. The number of carbonyl (C=O) groups is 1. The molecule has 0 atom stereocenters. The first-order valence-corrected chi connectivity index (χ1v) is 5.72. The van der Waals surface area contributed by atoms with Gasteiger partial charge in [-0.05, 0) is 30.7 Å². The number of alkyl halides is 3. The van der Waals surface area contributed by atoms with Crippen LogP contribution in [0.1, 0.15) is 18.1 Å². The van der Waals surface area contributed by atoms with E-state index in [9.17, 15) is 18.0 Å². The van der Waals surface area contributed by atoms with Gasteiger partial charge in [0, 0.05) is 25.8 Å². The fourth-order valence-electron chi connectivity index (χ4n) is 1.42. The average Bonchev–Trinajstić information content (AvgIpc) is 2.36. The summed E-state index contributed by atoms with van der Waals surface area (Å²) in [5, 5.41) is 2.53. The van der Waals surface area contributed by atoms with E-state index >= 15 is 0 Å². The Balaban J connectivity index is 3.00. The molecule has 0 unspecified atom stereocenters. The lowest BCUT2D eigenvalue weighted by molar-refractivity contribution is -0.137. The van der Waals surface area contributed by atoms with Gasteiger partial charge in [0.1, 0.15) is 0 Å². The van der Waals surface area contributed by atoms with Crippen LogP contribution in [0, 0.1) is 0 Å². The van der Waals surface area contributed by atoms with Crippen LogP contribution in [-0.2, 0) is 12.7 Å². The van der Waals surface area contributed by atoms with Crippen LogP contribution in [0.15, 0.2) is 18.2 Å². The highest BCUT2D eigenvalue weighted by atomic mass is 19.4. The van der Waals surface area contributed by atoms with Gasteiger partial charge in [-0.15, -0.1) is 0 Å². The minimum absolute atomic E-state index is 0.0879. The van der Waals surface area contributed by atoms with Crippen LogP contribution in [0.5, 0.6) is 0 Å². The van der Waals surface area contributed by atoms with Crippen molar-refractivity contribution in [3.8, 4) is 0 Å². The molecular weight excluding hydrogens is 259 g/mol. The van der Waals surface area contributed by atoms with Crippen LogP contribution in [0.2, 0.25) is 0 Å². The summed E-state index contributed by atoms with van der Waals surface area (Å²) < 4.78 is 37.6. The molecule has 0 bridgehead atoms. The zero-order valence-electron chi connectivity index (χ0n) is 10.7. The smallest absolute Gasteiger partial charge is 0.328 e. The van der Waals surface area contributed by atoms with Crippen molar-refractivity contribution < 1.29 is 18.0 Å². The fraction of sp³-hybridized carbons (Fsp3) is 0.417. The zero-order chi connectivity index (χ0) is 14.6. The highest BCUT2D eigenvalue weighted by Gasteiger charge is 2.31. The highest BCUT2D eigenvalue weighted by molar-refractivity contribution is 5.90. The lowest BCUT2D eigenvalue weighted by Crippen LogP contribution is -2.31. The van der Waals surface area contributed by atoms with E-state index in [1.807, 2.05) is 0 Å². The van der Waals surface area contributed by atoms with Crippen molar-refractivity contribution in [2.75, 3.05) is 18.9 Å². The highest BCUT2D eigenvalue weighted by Crippen LogP contribution is 2.31. The van der Waals surface area contributed by atoms with Crippen LogP contribution >= 0.6 is 0 Å². The summed E-state index contributed by atoms with van der Waals surface area (Å²) in [4.78, 5) is 13.0. The molecule has 1 aromatic rings. The van der Waals surface area contributed by atoms with Gasteiger partial charge in [0.05, 0.1) is 5.56 Å². The second-order valence-corrected chi connectivity index (χ2v) is 4.02. The van der Waals surface area contributed by atoms with Gasteiger partial charge >= 0.3 is 12.2 Å². The molecule has 19 heavy (non-hydrogen) atoms. The summed E-state index contributed by atoms with van der Waals surface area (Å²) in [6, 6.07) is 2.69. The number of hydrogen-bond donors (Lipinski definition) is 2. The molecule has 2 amide bonds. The molecule has 0 saturated carbocycles. The number of nitrogens with one attached hydrogen (secondary N) is 1. The van der Waals surface area contributed by atoms with E-state index in [1.165, 1.54) is 11.0 Å². The van der Waals surface area contributed by atoms with Crippen LogP contribution < -0.4 is 11.1 Å². The minimum atomic E-state index is -4.42. The Morgan fingerprint density at radius 2 is 2.05 bits per heavy atom. The Morgan fingerprint density at radius 1 is 1.42 bits per heavy atom. The van der Waals surface area contributed by atoms with Crippen molar-refractivity contribution >= 4 is 11.7 Å². The molecule has 106 valence electrons. The molecule has 0 fully saturated rings. The molecule has 7 heteroatoms. The van der Waals surface area contributed by atoms with Crippen molar-refractivity contribution in [1.29, 1.82) is 0 Å². The number of amides is 2. The quantitative estimate of drug-likeness (QED) is 0.891. The molecular formula is C12H16F3N3O. The first kappa shape index (κ1) is 15.3. The van der Waals surface area contributed by atoms with Gasteiger partial charge < -0.3 is 16.0 Å². The summed E-state index contributed by atoms with van der Waals surface area (Å²) >= 11 is 0. The Morgan fingerprint density at radius 3 is 2.53 bits per heavy atom. The third kappa shape index (κ3) is 3.85. The van der Waals surface area contributed by atoms with E-state index in [-0.39, 0.29) is 12.1 Å². The number of anilines is 1. The number of benzene rings is 1. The van der Waals surface area contributed by atoms with E-state index in [2.05, 4.69) is 5.32 Å². The maximum Gasteiger partial charge on any atom is 0.416 e. The molecule has 0 saturated heterocycles. The number of rotatable bonds is 3. The molecule has 0 radical (unpaired) electrons. The SMILES string of the molecule is CCN(C)C(=O)Nc1ccc(C(F)(F)F)cc1CN. The van der Waals surface area contributed by atoms with Crippen molar-refractivity contribution in [1.82, 2.24) is 4.90 Å². The van der Waals surface area contributed by atoms with Crippen LogP contribution in [0.25, 0.3) is 0 Å². The third-order valence-electron chi connectivity index (χ3n) is 2.72. The van der Waals surface area contributed by atoms with E-state index in [1.54, 1.807) is 14.0 Å². The van der Waals surface area contributed by atoms with Gasteiger partial charge in [-0.2, -0.15) is 13.2 Å². The lowest BCUT2D eigenvalue weighted by atomic mass is 10.1. The third-order valence-corrected chi connectivity index (χ3v) is 2.72. The standard InChI is InChI=1S/C12H16F3N3O/c1-3-18(2)11(19)17-10-5-4-9(12(13,14)15)6-8(10)7-16/h4-6H,3,7,16H2,1-2H3,(H,17,19). The summed E-state index contributed by atoms with van der Waals surface area (Å²) in [6.45, 7) is 2.19. The zero-order valence-corrected chi connectivity index (χ0v) is 10.7. The maximum atomic E-state index is 12.5. The molecule has 0 spiro atoms. The Kier molecular flexibility index (Phi) is 4.77. The van der Waals surface area contributed by atoms with Gasteiger partial charge in [-0.3, -0.25) is 0 Å². The van der Waals surface area contributed by atoms with Crippen molar-refractivity contribution in [3.63, 3.8) is 0 Å². The van der Waals surface area contributed by atoms with Crippen molar-refractivity contribution in [2.24, 2.45) is 5.73 Å². The normalized spacial score (nSPS) is 11.3. The van der Waals surface area contributed by atoms with Gasteiger partial charge in [0.2, 0.25) is 0 Å². The summed E-state index contributed by atoms with van der Waals surface area (Å²) in [6.07, 6.45) is -4.42. The molecule has 0 aliphatic rings. The average molecular weight is 275 g/mol. The summed E-state index contributed by atoms with van der Waals surface area (Å²) in [5.74, 6) is 0. The van der Waals surface area contributed by atoms with E-state index < -0.39 is 17.8 Å². The lowest BCUT2D eigenvalue weighted by Gasteiger charge is -2.18. The number of nitrogens with zero attached hydrogens (tertiary/aromatic N) is 1. The first-order chi connectivity index (χ1) is 8.79. The van der Waals surface area contributed by atoms with E-state index in [4.69, 9.17) is 5.73 Å². The molecule has 4 nitrogen and oxygen atoms in total. The Bertz CT molecular complexity index is 460. The van der Waals surface area contributed by atoms with Gasteiger partial charge in [-0.25, -0.2) is 4.79 Å². The Labute approximate surface area is 109 Å². The monoisotopic (exact) mass is 275 g/mol. The first-order valence-electron chi connectivity index (χ1n) is 5.72. The number of urea groups is 1. The molecule has 0 aromatic heterocycles. The van der Waals surface area contributed by atoms with E-state index in [0.717, 1.165) is 12.1 Å². The minimum Gasteiger partial charge on any atom is -0.328 e.